The molecule has 140 valence electrons. The smallest absolute Gasteiger partial charge is 0.422 e. The fourth-order valence-electron chi connectivity index (χ4n) is 1.99. The van der Waals surface area contributed by atoms with Crippen molar-refractivity contribution in [3.8, 4) is 5.75 Å². The minimum absolute atomic E-state index is 0.0860. The summed E-state index contributed by atoms with van der Waals surface area (Å²) in [6.45, 7) is 1.92. The van der Waals surface area contributed by atoms with Gasteiger partial charge in [-0.3, -0.25) is 4.79 Å². The van der Waals surface area contributed by atoms with Gasteiger partial charge in [0.1, 0.15) is 11.8 Å². The molecular formula is C16H22F3N3O3. The molecule has 0 aliphatic rings. The van der Waals surface area contributed by atoms with E-state index in [1.165, 1.54) is 17.0 Å². The van der Waals surface area contributed by atoms with E-state index in [0.717, 1.165) is 0 Å². The van der Waals surface area contributed by atoms with E-state index in [-0.39, 0.29) is 11.7 Å². The second-order valence-electron chi connectivity index (χ2n) is 5.77. The van der Waals surface area contributed by atoms with Crippen LogP contribution in [0.25, 0.3) is 0 Å². The van der Waals surface area contributed by atoms with Crippen LogP contribution in [0, 0.1) is 0 Å². The molecule has 0 aliphatic heterocycles. The van der Waals surface area contributed by atoms with Gasteiger partial charge in [0.25, 0.3) is 0 Å². The Labute approximate surface area is 144 Å². The lowest BCUT2D eigenvalue weighted by Crippen LogP contribution is -2.48. The molecule has 0 aromatic heterocycles. The van der Waals surface area contributed by atoms with E-state index < -0.39 is 30.9 Å². The third-order valence-electron chi connectivity index (χ3n) is 3.29. The number of amides is 3. The van der Waals surface area contributed by atoms with Crippen LogP contribution in [0.3, 0.4) is 0 Å². The Hall–Kier alpha value is -2.45. The first-order chi connectivity index (χ1) is 11.5. The molecule has 2 N–H and O–H groups in total. The lowest BCUT2D eigenvalue weighted by Gasteiger charge is -2.20. The normalized spacial score (nSPS) is 13.6. The van der Waals surface area contributed by atoms with E-state index in [0.29, 0.717) is 5.56 Å². The average Bonchev–Trinajstić information content (AvgIpc) is 2.51. The number of carbonyl (C=O) groups excluding carboxylic acids is 2. The Bertz CT molecular complexity index is 589. The summed E-state index contributed by atoms with van der Waals surface area (Å²) in [5.74, 6) is -0.156. The van der Waals surface area contributed by atoms with Crippen LogP contribution >= 0.6 is 0 Å². The van der Waals surface area contributed by atoms with Crippen LogP contribution in [-0.4, -0.2) is 49.8 Å². The van der Waals surface area contributed by atoms with Crippen molar-refractivity contribution in [2.24, 2.45) is 0 Å². The van der Waals surface area contributed by atoms with Gasteiger partial charge in [-0.15, -0.1) is 0 Å². The van der Waals surface area contributed by atoms with Gasteiger partial charge >= 0.3 is 12.2 Å². The molecule has 1 aromatic carbocycles. The van der Waals surface area contributed by atoms with E-state index in [4.69, 9.17) is 0 Å². The van der Waals surface area contributed by atoms with Crippen molar-refractivity contribution < 1.29 is 27.5 Å². The largest absolute Gasteiger partial charge is 0.484 e. The maximum Gasteiger partial charge on any atom is 0.422 e. The summed E-state index contributed by atoms with van der Waals surface area (Å²) in [5, 5.41) is 5.17. The zero-order chi connectivity index (χ0) is 19.2. The number of urea groups is 1. The number of carbonyl (C=O) groups is 2. The van der Waals surface area contributed by atoms with Gasteiger partial charge < -0.3 is 20.3 Å². The number of alkyl halides is 3. The summed E-state index contributed by atoms with van der Waals surface area (Å²) in [6.07, 6.45) is -4.40. The molecule has 0 saturated heterocycles. The van der Waals surface area contributed by atoms with E-state index >= 15 is 0 Å². The molecule has 1 aromatic rings. The average molecular weight is 361 g/mol. The van der Waals surface area contributed by atoms with E-state index in [1.54, 1.807) is 40.1 Å². The van der Waals surface area contributed by atoms with Crippen molar-refractivity contribution in [3.05, 3.63) is 29.8 Å². The van der Waals surface area contributed by atoms with E-state index in [2.05, 4.69) is 15.4 Å². The van der Waals surface area contributed by atoms with Crippen LogP contribution in [0.5, 0.6) is 5.75 Å². The highest BCUT2D eigenvalue weighted by molar-refractivity contribution is 5.86. The standard InChI is InChI=1S/C16H22F3N3O3/c1-10(20-15(24)21-11(2)14(23)22(3)4)12-5-7-13(8-6-12)25-9-16(17,18)19/h5-8,10-11H,9H2,1-4H3,(H2,20,21,24). The molecular weight excluding hydrogens is 339 g/mol. The third kappa shape index (κ3) is 7.32. The van der Waals surface area contributed by atoms with Crippen LogP contribution in [0.1, 0.15) is 25.5 Å². The summed E-state index contributed by atoms with van der Waals surface area (Å²) in [7, 11) is 3.17. The third-order valence-corrected chi connectivity index (χ3v) is 3.29. The Morgan fingerprint density at radius 2 is 1.68 bits per heavy atom. The van der Waals surface area contributed by atoms with Crippen LogP contribution in [-0.2, 0) is 4.79 Å². The Balaban J connectivity index is 2.55. The molecule has 6 nitrogen and oxygen atoms in total. The summed E-state index contributed by atoms with van der Waals surface area (Å²) in [6, 6.07) is 4.31. The SMILES string of the molecule is CC(NC(=O)NC(C)c1ccc(OCC(F)(F)F)cc1)C(=O)N(C)C. The summed E-state index contributed by atoms with van der Waals surface area (Å²) in [4.78, 5) is 25.0. The van der Waals surface area contributed by atoms with Gasteiger partial charge in [-0.1, -0.05) is 12.1 Å². The van der Waals surface area contributed by atoms with Crippen LogP contribution in [0.15, 0.2) is 24.3 Å². The number of likely N-dealkylation sites (N-methyl/N-ethyl adjacent to an activating group) is 1. The molecule has 0 aliphatic carbocycles. The van der Waals surface area contributed by atoms with Crippen LogP contribution < -0.4 is 15.4 Å². The molecule has 2 atom stereocenters. The van der Waals surface area contributed by atoms with Crippen molar-refractivity contribution in [2.75, 3.05) is 20.7 Å². The second kappa shape index (κ2) is 8.59. The summed E-state index contributed by atoms with van der Waals surface area (Å²) in [5.41, 5.74) is 0.682. The molecule has 0 saturated carbocycles. The number of nitrogens with one attached hydrogen (secondary N) is 2. The zero-order valence-corrected chi connectivity index (χ0v) is 14.5. The Kier molecular flexibility index (Phi) is 7.08. The monoisotopic (exact) mass is 361 g/mol. The van der Waals surface area contributed by atoms with Crippen molar-refractivity contribution >= 4 is 11.9 Å². The molecule has 9 heteroatoms. The molecule has 0 radical (unpaired) electrons. The molecule has 1 rings (SSSR count). The highest BCUT2D eigenvalue weighted by atomic mass is 19.4. The summed E-state index contributed by atoms with van der Waals surface area (Å²) < 4.78 is 40.9. The fourth-order valence-corrected chi connectivity index (χ4v) is 1.99. The molecule has 0 bridgehead atoms. The number of benzene rings is 1. The number of nitrogens with zero attached hydrogens (tertiary/aromatic N) is 1. The van der Waals surface area contributed by atoms with Crippen molar-refractivity contribution in [1.82, 2.24) is 15.5 Å². The Morgan fingerprint density at radius 3 is 2.16 bits per heavy atom. The van der Waals surface area contributed by atoms with Gasteiger partial charge in [0, 0.05) is 14.1 Å². The number of halogens is 3. The van der Waals surface area contributed by atoms with Gasteiger partial charge in [-0.25, -0.2) is 4.79 Å². The van der Waals surface area contributed by atoms with Gasteiger partial charge in [0.15, 0.2) is 6.61 Å². The van der Waals surface area contributed by atoms with E-state index in [9.17, 15) is 22.8 Å². The molecule has 0 fully saturated rings. The van der Waals surface area contributed by atoms with Gasteiger partial charge in [-0.2, -0.15) is 13.2 Å². The van der Waals surface area contributed by atoms with E-state index in [1.807, 2.05) is 0 Å². The van der Waals surface area contributed by atoms with Crippen LogP contribution in [0.4, 0.5) is 18.0 Å². The lowest BCUT2D eigenvalue weighted by molar-refractivity contribution is -0.153. The molecule has 25 heavy (non-hydrogen) atoms. The summed E-state index contributed by atoms with van der Waals surface area (Å²) >= 11 is 0. The first-order valence-electron chi connectivity index (χ1n) is 7.57. The lowest BCUT2D eigenvalue weighted by atomic mass is 10.1. The maximum absolute atomic E-state index is 12.1. The number of ether oxygens (including phenoxy) is 1. The quantitative estimate of drug-likeness (QED) is 0.818. The first kappa shape index (κ1) is 20.6. The van der Waals surface area contributed by atoms with Gasteiger partial charge in [-0.05, 0) is 31.5 Å². The van der Waals surface area contributed by atoms with Gasteiger partial charge in [0.05, 0.1) is 6.04 Å². The van der Waals surface area contributed by atoms with Crippen molar-refractivity contribution in [2.45, 2.75) is 32.1 Å². The molecule has 2 unspecified atom stereocenters. The minimum Gasteiger partial charge on any atom is -0.484 e. The molecule has 0 heterocycles. The first-order valence-corrected chi connectivity index (χ1v) is 7.57. The topological polar surface area (TPSA) is 70.7 Å². The van der Waals surface area contributed by atoms with Gasteiger partial charge in [0.2, 0.25) is 5.91 Å². The van der Waals surface area contributed by atoms with Crippen molar-refractivity contribution in [1.29, 1.82) is 0 Å². The minimum atomic E-state index is -4.40. The highest BCUT2D eigenvalue weighted by Gasteiger charge is 2.28. The second-order valence-corrected chi connectivity index (χ2v) is 5.77. The predicted molar refractivity (Wildman–Crippen MR) is 86.2 cm³/mol. The highest BCUT2D eigenvalue weighted by Crippen LogP contribution is 2.21. The predicted octanol–water partition coefficient (Wildman–Crippen LogP) is 2.46. The molecule has 3 amide bonds. The number of hydrogen-bond acceptors (Lipinski definition) is 3. The fraction of sp³-hybridized carbons (Fsp3) is 0.500. The van der Waals surface area contributed by atoms with Crippen LogP contribution in [0.2, 0.25) is 0 Å². The zero-order valence-electron chi connectivity index (χ0n) is 14.5. The number of hydrogen-bond donors (Lipinski definition) is 2. The molecule has 0 spiro atoms. The number of rotatable bonds is 6. The maximum atomic E-state index is 12.1. The Morgan fingerprint density at radius 1 is 1.12 bits per heavy atom. The van der Waals surface area contributed by atoms with Crippen molar-refractivity contribution in [3.63, 3.8) is 0 Å².